The van der Waals surface area contributed by atoms with Crippen LogP contribution in [0.4, 0.5) is 0 Å². The molecule has 0 unspecified atom stereocenters. The van der Waals surface area contributed by atoms with Gasteiger partial charge in [0.2, 0.25) is 0 Å². The minimum absolute atomic E-state index is 0.931. The Kier molecular flexibility index (Phi) is 5.41. The Balaban J connectivity index is 1.41. The molecule has 0 bridgehead atoms. The first-order chi connectivity index (χ1) is 10.9. The fraction of sp³-hybridized carbons (Fsp3) is 0.300. The average molecular weight is 292 g/mol. The van der Waals surface area contributed by atoms with Crippen molar-refractivity contribution in [1.82, 2.24) is 10.6 Å². The zero-order valence-electron chi connectivity index (χ0n) is 13.0. The molecule has 2 nitrogen and oxygen atoms in total. The molecule has 0 atom stereocenters. The lowest BCUT2D eigenvalue weighted by atomic mass is 10.1. The van der Waals surface area contributed by atoms with Gasteiger partial charge in [0.25, 0.3) is 0 Å². The molecule has 22 heavy (non-hydrogen) atoms. The highest BCUT2D eigenvalue weighted by molar-refractivity contribution is 5.26. The van der Waals surface area contributed by atoms with E-state index >= 15 is 0 Å². The summed E-state index contributed by atoms with van der Waals surface area (Å²) in [4.78, 5) is 0. The molecule has 1 aromatic carbocycles. The third-order valence-electron chi connectivity index (χ3n) is 4.05. The van der Waals surface area contributed by atoms with Crippen LogP contribution in [0, 0.1) is 0 Å². The molecule has 2 heteroatoms. The van der Waals surface area contributed by atoms with Gasteiger partial charge in [-0.15, -0.1) is 0 Å². The van der Waals surface area contributed by atoms with Crippen LogP contribution in [-0.4, -0.2) is 13.1 Å². The maximum absolute atomic E-state index is 3.53. The molecule has 0 fully saturated rings. The number of rotatable bonds is 8. The van der Waals surface area contributed by atoms with E-state index in [1.54, 1.807) is 0 Å². The SMILES string of the molecule is C1=CCC(CNCc2cccc(CNCC3=CC=CC3)c2)=C1. The van der Waals surface area contributed by atoms with Gasteiger partial charge in [0.05, 0.1) is 0 Å². The first-order valence-corrected chi connectivity index (χ1v) is 8.08. The van der Waals surface area contributed by atoms with Gasteiger partial charge in [0.15, 0.2) is 0 Å². The lowest BCUT2D eigenvalue weighted by Crippen LogP contribution is -2.18. The number of benzene rings is 1. The van der Waals surface area contributed by atoms with Crippen molar-refractivity contribution in [2.75, 3.05) is 13.1 Å². The van der Waals surface area contributed by atoms with E-state index in [1.165, 1.54) is 22.3 Å². The van der Waals surface area contributed by atoms with Gasteiger partial charge in [-0.1, -0.05) is 71.9 Å². The van der Waals surface area contributed by atoms with E-state index in [-0.39, 0.29) is 0 Å². The summed E-state index contributed by atoms with van der Waals surface area (Å²) in [5, 5.41) is 7.05. The van der Waals surface area contributed by atoms with Crippen molar-refractivity contribution in [2.45, 2.75) is 25.9 Å². The smallest absolute Gasteiger partial charge is 0.0208 e. The molecule has 2 N–H and O–H groups in total. The summed E-state index contributed by atoms with van der Waals surface area (Å²) in [5.41, 5.74) is 5.65. The molecule has 1 aromatic rings. The maximum Gasteiger partial charge on any atom is 0.0208 e. The Bertz CT molecular complexity index is 569. The Labute approximate surface area is 133 Å². The van der Waals surface area contributed by atoms with Gasteiger partial charge in [0, 0.05) is 26.2 Å². The highest BCUT2D eigenvalue weighted by Gasteiger charge is 2.01. The summed E-state index contributed by atoms with van der Waals surface area (Å²) >= 11 is 0. The zero-order valence-corrected chi connectivity index (χ0v) is 13.0. The van der Waals surface area contributed by atoms with Gasteiger partial charge in [-0.2, -0.15) is 0 Å². The largest absolute Gasteiger partial charge is 0.309 e. The van der Waals surface area contributed by atoms with Crippen LogP contribution in [0.1, 0.15) is 24.0 Å². The van der Waals surface area contributed by atoms with E-state index in [0.29, 0.717) is 0 Å². The van der Waals surface area contributed by atoms with Crippen LogP contribution in [0.5, 0.6) is 0 Å². The highest BCUT2D eigenvalue weighted by Crippen LogP contribution is 2.11. The minimum Gasteiger partial charge on any atom is -0.309 e. The van der Waals surface area contributed by atoms with Crippen molar-refractivity contribution < 1.29 is 0 Å². The van der Waals surface area contributed by atoms with Crippen molar-refractivity contribution in [3.8, 4) is 0 Å². The Hall–Kier alpha value is -1.90. The lowest BCUT2D eigenvalue weighted by Gasteiger charge is -2.09. The van der Waals surface area contributed by atoms with Crippen molar-refractivity contribution in [3.05, 3.63) is 83.0 Å². The van der Waals surface area contributed by atoms with Gasteiger partial charge in [-0.05, 0) is 24.0 Å². The Morgan fingerprint density at radius 3 is 1.73 bits per heavy atom. The minimum atomic E-state index is 0.931. The molecule has 0 aliphatic heterocycles. The normalized spacial score (nSPS) is 16.2. The van der Waals surface area contributed by atoms with Crippen LogP contribution in [0.15, 0.2) is 71.9 Å². The zero-order chi connectivity index (χ0) is 15.0. The van der Waals surface area contributed by atoms with Crippen LogP contribution in [0.3, 0.4) is 0 Å². The fourth-order valence-corrected chi connectivity index (χ4v) is 2.83. The van der Waals surface area contributed by atoms with Crippen LogP contribution >= 0.6 is 0 Å². The third kappa shape index (κ3) is 4.55. The number of allylic oxidation sites excluding steroid dienone is 6. The first kappa shape index (κ1) is 15.0. The summed E-state index contributed by atoms with van der Waals surface area (Å²) in [7, 11) is 0. The molecule has 0 amide bonds. The van der Waals surface area contributed by atoms with Crippen LogP contribution < -0.4 is 10.6 Å². The van der Waals surface area contributed by atoms with Gasteiger partial charge in [-0.3, -0.25) is 0 Å². The van der Waals surface area contributed by atoms with Crippen LogP contribution in [0.25, 0.3) is 0 Å². The predicted octanol–water partition coefficient (Wildman–Crippen LogP) is 3.64. The summed E-state index contributed by atoms with van der Waals surface area (Å²) in [5.74, 6) is 0. The molecule has 0 aromatic heterocycles. The molecule has 0 saturated carbocycles. The molecule has 0 radical (unpaired) electrons. The molecular weight excluding hydrogens is 268 g/mol. The molecule has 3 rings (SSSR count). The van der Waals surface area contributed by atoms with Gasteiger partial charge in [-0.25, -0.2) is 0 Å². The van der Waals surface area contributed by atoms with Crippen molar-refractivity contribution >= 4 is 0 Å². The summed E-state index contributed by atoms with van der Waals surface area (Å²) < 4.78 is 0. The van der Waals surface area contributed by atoms with Crippen molar-refractivity contribution in [3.63, 3.8) is 0 Å². The summed E-state index contributed by atoms with van der Waals surface area (Å²) in [6.45, 7) is 3.83. The molecule has 114 valence electrons. The fourth-order valence-electron chi connectivity index (χ4n) is 2.83. The van der Waals surface area contributed by atoms with E-state index in [4.69, 9.17) is 0 Å². The van der Waals surface area contributed by atoms with Crippen LogP contribution in [-0.2, 0) is 13.1 Å². The molecule has 0 spiro atoms. The van der Waals surface area contributed by atoms with Gasteiger partial charge in [0.1, 0.15) is 0 Å². The molecule has 2 aliphatic rings. The second kappa shape index (κ2) is 7.92. The maximum atomic E-state index is 3.53. The quantitative estimate of drug-likeness (QED) is 0.764. The average Bonchev–Trinajstić information content (AvgIpc) is 3.21. The predicted molar refractivity (Wildman–Crippen MR) is 93.5 cm³/mol. The molecule has 0 heterocycles. The molecule has 0 saturated heterocycles. The Morgan fingerprint density at radius 2 is 1.27 bits per heavy atom. The summed E-state index contributed by atoms with van der Waals surface area (Å²) in [6, 6.07) is 8.84. The van der Waals surface area contributed by atoms with E-state index in [2.05, 4.69) is 71.4 Å². The number of nitrogens with one attached hydrogen (secondary N) is 2. The highest BCUT2D eigenvalue weighted by atomic mass is 14.9. The Morgan fingerprint density at radius 1 is 0.727 bits per heavy atom. The van der Waals surface area contributed by atoms with Crippen LogP contribution in [0.2, 0.25) is 0 Å². The number of hydrogen-bond acceptors (Lipinski definition) is 2. The van der Waals surface area contributed by atoms with E-state index in [1.807, 2.05) is 0 Å². The van der Waals surface area contributed by atoms with Crippen molar-refractivity contribution in [1.29, 1.82) is 0 Å². The molecule has 2 aliphatic carbocycles. The van der Waals surface area contributed by atoms with E-state index in [9.17, 15) is 0 Å². The molecular formula is C20H24N2. The monoisotopic (exact) mass is 292 g/mol. The van der Waals surface area contributed by atoms with E-state index in [0.717, 1.165) is 39.0 Å². The van der Waals surface area contributed by atoms with Gasteiger partial charge < -0.3 is 10.6 Å². The topological polar surface area (TPSA) is 24.1 Å². The number of hydrogen-bond donors (Lipinski definition) is 2. The summed E-state index contributed by atoms with van der Waals surface area (Å²) in [6.07, 6.45) is 15.3. The first-order valence-electron chi connectivity index (χ1n) is 8.08. The van der Waals surface area contributed by atoms with E-state index < -0.39 is 0 Å². The second-order valence-corrected chi connectivity index (χ2v) is 5.94. The van der Waals surface area contributed by atoms with Gasteiger partial charge >= 0.3 is 0 Å². The second-order valence-electron chi connectivity index (χ2n) is 5.94. The lowest BCUT2D eigenvalue weighted by molar-refractivity contribution is 0.720. The standard InChI is InChI=1S/C20H24N2/c1-2-7-17(6-1)13-21-15-19-10-5-11-20(12-19)16-22-14-18-8-3-4-9-18/h1-6,8,10-12,21-22H,7,9,13-16H2. The third-order valence-corrected chi connectivity index (χ3v) is 4.05. The van der Waals surface area contributed by atoms with Crippen molar-refractivity contribution in [2.24, 2.45) is 0 Å².